The summed E-state index contributed by atoms with van der Waals surface area (Å²) >= 11 is 0. The maximum Gasteiger partial charge on any atom is 0.494 e. The topological polar surface area (TPSA) is 42.5 Å². The lowest BCUT2D eigenvalue weighted by molar-refractivity contribution is 0.365. The van der Waals surface area contributed by atoms with Crippen molar-refractivity contribution in [1.82, 2.24) is 0 Å². The van der Waals surface area contributed by atoms with Crippen molar-refractivity contribution < 1.29 is 9.31 Å². The number of anilines is 2. The quantitative estimate of drug-likeness (QED) is 0.708. The van der Waals surface area contributed by atoms with E-state index in [1.165, 1.54) is 27.6 Å². The third-order valence-corrected chi connectivity index (χ3v) is 4.67. The Balaban J connectivity index is 1.46. The van der Waals surface area contributed by atoms with E-state index in [2.05, 4.69) is 71.1 Å². The van der Waals surface area contributed by atoms with Crippen molar-refractivity contribution in [3.05, 3.63) is 60.7 Å². The molecule has 116 valence electrons. The van der Waals surface area contributed by atoms with Crippen LogP contribution in [0.2, 0.25) is 0 Å². The minimum Gasteiger partial charge on any atom is -0.405 e. The van der Waals surface area contributed by atoms with Gasteiger partial charge in [0, 0.05) is 16.8 Å². The number of rotatable bonds is 2. The van der Waals surface area contributed by atoms with Crippen LogP contribution in [0, 0.1) is 0 Å². The van der Waals surface area contributed by atoms with Gasteiger partial charge in [0.15, 0.2) is 0 Å². The molecular weight excluding hydrogens is 298 g/mol. The van der Waals surface area contributed by atoms with Gasteiger partial charge in [0.05, 0.1) is 13.2 Å². The first-order chi connectivity index (χ1) is 11.9. The fourth-order valence-electron chi connectivity index (χ4n) is 3.49. The van der Waals surface area contributed by atoms with Gasteiger partial charge in [0.25, 0.3) is 0 Å². The lowest BCUT2D eigenvalue weighted by Crippen LogP contribution is -2.48. The summed E-state index contributed by atoms with van der Waals surface area (Å²) < 4.78 is 11.1. The van der Waals surface area contributed by atoms with Crippen molar-refractivity contribution >= 4 is 47.2 Å². The summed E-state index contributed by atoms with van der Waals surface area (Å²) in [5.41, 5.74) is 4.58. The van der Waals surface area contributed by atoms with Gasteiger partial charge in [-0.2, -0.15) is 0 Å². The van der Waals surface area contributed by atoms with Crippen molar-refractivity contribution in [2.75, 3.05) is 23.7 Å². The number of benzene rings is 3. The van der Waals surface area contributed by atoms with E-state index in [9.17, 15) is 0 Å². The molecular formula is C18H16B2N2O2. The third-order valence-electron chi connectivity index (χ3n) is 4.67. The minimum atomic E-state index is -0.221. The molecule has 2 heterocycles. The first-order valence-electron chi connectivity index (χ1n) is 8.26. The van der Waals surface area contributed by atoms with Crippen molar-refractivity contribution in [2.45, 2.75) is 0 Å². The highest BCUT2D eigenvalue weighted by molar-refractivity contribution is 6.80. The second-order valence-corrected chi connectivity index (χ2v) is 6.17. The maximum atomic E-state index is 5.56. The fraction of sp³-hybridized carbons (Fsp3) is 0.111. The van der Waals surface area contributed by atoms with Crippen LogP contribution in [0.15, 0.2) is 60.7 Å². The van der Waals surface area contributed by atoms with E-state index in [0.29, 0.717) is 13.2 Å². The monoisotopic (exact) mass is 314 g/mol. The van der Waals surface area contributed by atoms with Crippen LogP contribution in [0.4, 0.5) is 11.4 Å². The lowest BCUT2D eigenvalue weighted by atomic mass is 9.65. The van der Waals surface area contributed by atoms with Crippen LogP contribution in [0.3, 0.4) is 0 Å². The van der Waals surface area contributed by atoms with E-state index in [1.54, 1.807) is 0 Å². The van der Waals surface area contributed by atoms with Crippen molar-refractivity contribution in [3.63, 3.8) is 0 Å². The summed E-state index contributed by atoms with van der Waals surface area (Å²) in [5, 5.41) is 9.68. The van der Waals surface area contributed by atoms with Gasteiger partial charge in [-0.15, -0.1) is 0 Å². The number of hydrogen-bond donors (Lipinski definition) is 2. The highest BCUT2D eigenvalue weighted by Gasteiger charge is 2.28. The molecule has 2 aliphatic rings. The zero-order valence-electron chi connectivity index (χ0n) is 13.2. The first kappa shape index (κ1) is 14.0. The van der Waals surface area contributed by atoms with Crippen LogP contribution in [-0.4, -0.2) is 27.3 Å². The Bertz CT molecular complexity index is 854. The Morgan fingerprint density at radius 1 is 0.708 bits per heavy atom. The molecule has 0 aromatic heterocycles. The maximum absolute atomic E-state index is 5.56. The molecule has 1 saturated heterocycles. The SMILES string of the molecule is c1cc2c3c(cccc3c1)NB(c1ccc(B3OCCO3)cc1)N2. The summed E-state index contributed by atoms with van der Waals surface area (Å²) in [5.74, 6) is 0. The fourth-order valence-corrected chi connectivity index (χ4v) is 3.49. The molecule has 0 aliphatic carbocycles. The predicted molar refractivity (Wildman–Crippen MR) is 100 cm³/mol. The Morgan fingerprint density at radius 3 is 1.92 bits per heavy atom. The van der Waals surface area contributed by atoms with Gasteiger partial charge in [-0.05, 0) is 28.4 Å². The molecule has 2 aliphatic heterocycles. The highest BCUT2D eigenvalue weighted by Crippen LogP contribution is 2.33. The summed E-state index contributed by atoms with van der Waals surface area (Å²) in [6, 6.07) is 21.1. The molecule has 0 amide bonds. The van der Waals surface area contributed by atoms with Crippen LogP contribution in [0.5, 0.6) is 0 Å². The van der Waals surface area contributed by atoms with Gasteiger partial charge in [0.1, 0.15) is 0 Å². The summed E-state index contributed by atoms with van der Waals surface area (Å²) in [6.45, 7) is 1.38. The molecule has 5 rings (SSSR count). The molecule has 6 heteroatoms. The van der Waals surface area contributed by atoms with Gasteiger partial charge in [-0.25, -0.2) is 0 Å². The van der Waals surface area contributed by atoms with Gasteiger partial charge in [0.2, 0.25) is 0 Å². The molecule has 0 radical (unpaired) electrons. The van der Waals surface area contributed by atoms with Crippen molar-refractivity contribution in [2.24, 2.45) is 0 Å². The van der Waals surface area contributed by atoms with Gasteiger partial charge >= 0.3 is 14.1 Å². The lowest BCUT2D eigenvalue weighted by Gasteiger charge is -2.27. The average molecular weight is 314 g/mol. The Hall–Kier alpha value is -2.43. The van der Waals surface area contributed by atoms with Crippen LogP contribution in [-0.2, 0) is 9.31 Å². The minimum absolute atomic E-state index is 0.0463. The summed E-state index contributed by atoms with van der Waals surface area (Å²) in [4.78, 5) is 0. The van der Waals surface area contributed by atoms with Crippen LogP contribution >= 0.6 is 0 Å². The highest BCUT2D eigenvalue weighted by atomic mass is 16.6. The zero-order chi connectivity index (χ0) is 15.9. The molecule has 24 heavy (non-hydrogen) atoms. The van der Waals surface area contributed by atoms with E-state index in [-0.39, 0.29) is 14.1 Å². The van der Waals surface area contributed by atoms with Crippen molar-refractivity contribution in [1.29, 1.82) is 0 Å². The van der Waals surface area contributed by atoms with Gasteiger partial charge in [-0.1, -0.05) is 48.5 Å². The average Bonchev–Trinajstić information content (AvgIpc) is 3.17. The number of hydrogen-bond acceptors (Lipinski definition) is 4. The van der Waals surface area contributed by atoms with E-state index in [1.807, 2.05) is 0 Å². The smallest absolute Gasteiger partial charge is 0.405 e. The Labute approximate surface area is 141 Å². The molecule has 3 aromatic rings. The molecule has 2 N–H and O–H groups in total. The summed E-state index contributed by atoms with van der Waals surface area (Å²) in [7, 11) is -0.221. The molecule has 4 nitrogen and oxygen atoms in total. The predicted octanol–water partition coefficient (Wildman–Crippen LogP) is 1.81. The standard InChI is InChI=1S/C18H16B2N2O2/c1-3-13-4-2-6-17-18(13)16(5-1)21-19(22-17)14-7-9-15(10-8-14)20-23-11-12-24-20/h1-10,21-22H,11-12H2. The first-order valence-corrected chi connectivity index (χ1v) is 8.26. The van der Waals surface area contributed by atoms with E-state index in [0.717, 1.165) is 5.46 Å². The normalized spacial score (nSPS) is 16.2. The molecule has 0 unspecified atom stereocenters. The molecule has 0 atom stereocenters. The number of nitrogens with one attached hydrogen (secondary N) is 2. The Morgan fingerprint density at radius 2 is 1.29 bits per heavy atom. The van der Waals surface area contributed by atoms with Crippen LogP contribution in [0.1, 0.15) is 0 Å². The molecule has 1 fully saturated rings. The van der Waals surface area contributed by atoms with Crippen molar-refractivity contribution in [3.8, 4) is 0 Å². The molecule has 0 saturated carbocycles. The molecule has 0 bridgehead atoms. The van der Waals surface area contributed by atoms with E-state index in [4.69, 9.17) is 9.31 Å². The second-order valence-electron chi connectivity index (χ2n) is 6.17. The van der Waals surface area contributed by atoms with E-state index >= 15 is 0 Å². The van der Waals surface area contributed by atoms with E-state index < -0.39 is 0 Å². The Kier molecular flexibility index (Phi) is 3.25. The van der Waals surface area contributed by atoms with Gasteiger partial charge in [-0.3, -0.25) is 0 Å². The third kappa shape index (κ3) is 2.27. The van der Waals surface area contributed by atoms with Crippen LogP contribution in [0.25, 0.3) is 10.8 Å². The van der Waals surface area contributed by atoms with Crippen LogP contribution < -0.4 is 21.4 Å². The molecule has 0 spiro atoms. The summed E-state index contributed by atoms with van der Waals surface area (Å²) in [6.07, 6.45) is 0. The largest absolute Gasteiger partial charge is 0.494 e. The zero-order valence-corrected chi connectivity index (χ0v) is 13.2. The molecule has 3 aromatic carbocycles. The second kappa shape index (κ2) is 5.58. The van der Waals surface area contributed by atoms with Gasteiger partial charge < -0.3 is 19.8 Å².